The van der Waals surface area contributed by atoms with Crippen LogP contribution in [0.1, 0.15) is 52.4 Å². The Balaban J connectivity index is 1.86. The van der Waals surface area contributed by atoms with Crippen LogP contribution in [0.2, 0.25) is 0 Å². The molecule has 3 heteroatoms. The first-order valence-electron chi connectivity index (χ1n) is 7.92. The first kappa shape index (κ1) is 14.3. The lowest BCUT2D eigenvalue weighted by molar-refractivity contribution is 0.0405. The van der Waals surface area contributed by atoms with Crippen LogP contribution in [-0.4, -0.2) is 54.1 Å². The first-order valence-corrected chi connectivity index (χ1v) is 7.92. The van der Waals surface area contributed by atoms with E-state index in [-0.39, 0.29) is 0 Å². The molecule has 0 bridgehead atoms. The van der Waals surface area contributed by atoms with Gasteiger partial charge in [-0.05, 0) is 72.1 Å². The molecule has 2 saturated heterocycles. The fourth-order valence-corrected chi connectivity index (χ4v) is 3.74. The second-order valence-electron chi connectivity index (χ2n) is 6.33. The van der Waals surface area contributed by atoms with Crippen molar-refractivity contribution in [2.24, 2.45) is 5.73 Å². The Kier molecular flexibility index (Phi) is 5.46. The summed E-state index contributed by atoms with van der Waals surface area (Å²) in [4.78, 5) is 5.42. The number of hydrogen-bond donors (Lipinski definition) is 1. The highest BCUT2D eigenvalue weighted by atomic mass is 15.2. The van der Waals surface area contributed by atoms with Gasteiger partial charge in [0.15, 0.2) is 0 Å². The Morgan fingerprint density at radius 2 is 1.78 bits per heavy atom. The van der Waals surface area contributed by atoms with E-state index in [0.717, 1.165) is 18.6 Å². The molecule has 2 N–H and O–H groups in total. The number of piperidine rings is 2. The summed E-state index contributed by atoms with van der Waals surface area (Å²) >= 11 is 0. The van der Waals surface area contributed by atoms with Crippen LogP contribution in [0.15, 0.2) is 0 Å². The third-order valence-electron chi connectivity index (χ3n) is 4.87. The monoisotopic (exact) mass is 253 g/mol. The Morgan fingerprint density at radius 3 is 2.39 bits per heavy atom. The minimum absolute atomic E-state index is 0.715. The van der Waals surface area contributed by atoms with Gasteiger partial charge in [0, 0.05) is 18.1 Å². The van der Waals surface area contributed by atoms with E-state index in [1.165, 1.54) is 58.2 Å². The van der Waals surface area contributed by atoms with Crippen molar-refractivity contribution in [2.45, 2.75) is 70.5 Å². The lowest BCUT2D eigenvalue weighted by Crippen LogP contribution is -2.52. The minimum Gasteiger partial charge on any atom is -0.330 e. The van der Waals surface area contributed by atoms with E-state index in [1.54, 1.807) is 0 Å². The molecular weight excluding hydrogens is 222 g/mol. The number of likely N-dealkylation sites (tertiary alicyclic amines) is 2. The molecule has 2 aliphatic heterocycles. The minimum atomic E-state index is 0.715. The van der Waals surface area contributed by atoms with Crippen molar-refractivity contribution in [2.75, 3.05) is 26.2 Å². The predicted octanol–water partition coefficient (Wildman–Crippen LogP) is 2.06. The number of nitrogens with zero attached hydrogens (tertiary/aromatic N) is 2. The molecule has 0 aliphatic carbocycles. The summed E-state index contributed by atoms with van der Waals surface area (Å²) in [7, 11) is 0. The summed E-state index contributed by atoms with van der Waals surface area (Å²) in [6.45, 7) is 9.38. The van der Waals surface area contributed by atoms with Crippen LogP contribution < -0.4 is 5.73 Å². The van der Waals surface area contributed by atoms with Gasteiger partial charge < -0.3 is 10.6 Å². The highest BCUT2D eigenvalue weighted by Gasteiger charge is 2.31. The van der Waals surface area contributed by atoms with Gasteiger partial charge in [-0.3, -0.25) is 4.90 Å². The van der Waals surface area contributed by atoms with Crippen molar-refractivity contribution in [3.63, 3.8) is 0 Å². The van der Waals surface area contributed by atoms with Gasteiger partial charge in [0.05, 0.1) is 0 Å². The maximum absolute atomic E-state index is 5.78. The summed E-state index contributed by atoms with van der Waals surface area (Å²) in [6.07, 6.45) is 8.10. The lowest BCUT2D eigenvalue weighted by Gasteiger charge is -2.45. The summed E-state index contributed by atoms with van der Waals surface area (Å²) in [5, 5.41) is 0. The van der Waals surface area contributed by atoms with Crippen molar-refractivity contribution in [1.82, 2.24) is 9.80 Å². The smallest absolute Gasteiger partial charge is 0.0122 e. The molecule has 1 atom stereocenters. The topological polar surface area (TPSA) is 32.5 Å². The van der Waals surface area contributed by atoms with E-state index in [4.69, 9.17) is 5.73 Å². The molecule has 18 heavy (non-hydrogen) atoms. The van der Waals surface area contributed by atoms with Crippen LogP contribution in [0.4, 0.5) is 0 Å². The van der Waals surface area contributed by atoms with Gasteiger partial charge >= 0.3 is 0 Å². The second-order valence-corrected chi connectivity index (χ2v) is 6.33. The van der Waals surface area contributed by atoms with Crippen LogP contribution in [0.25, 0.3) is 0 Å². The van der Waals surface area contributed by atoms with Crippen molar-refractivity contribution in [1.29, 1.82) is 0 Å². The molecule has 0 aromatic heterocycles. The van der Waals surface area contributed by atoms with Crippen LogP contribution in [0.5, 0.6) is 0 Å². The SMILES string of the molecule is CC(C)N1CCC(N2CCCCC2CCN)CC1. The van der Waals surface area contributed by atoms with Crippen molar-refractivity contribution in [3.05, 3.63) is 0 Å². The van der Waals surface area contributed by atoms with Crippen LogP contribution >= 0.6 is 0 Å². The molecule has 0 radical (unpaired) electrons. The van der Waals surface area contributed by atoms with Gasteiger partial charge in [-0.25, -0.2) is 0 Å². The molecule has 0 saturated carbocycles. The molecule has 0 aromatic rings. The predicted molar refractivity (Wildman–Crippen MR) is 77.7 cm³/mol. The van der Waals surface area contributed by atoms with E-state index < -0.39 is 0 Å². The van der Waals surface area contributed by atoms with E-state index in [9.17, 15) is 0 Å². The van der Waals surface area contributed by atoms with E-state index in [2.05, 4.69) is 23.6 Å². The van der Waals surface area contributed by atoms with Gasteiger partial charge in [0.25, 0.3) is 0 Å². The van der Waals surface area contributed by atoms with Gasteiger partial charge in [-0.1, -0.05) is 6.42 Å². The Hall–Kier alpha value is -0.120. The highest BCUT2D eigenvalue weighted by Crippen LogP contribution is 2.27. The van der Waals surface area contributed by atoms with Crippen molar-refractivity contribution < 1.29 is 0 Å². The Labute approximate surface area is 113 Å². The molecule has 0 aromatic carbocycles. The lowest BCUT2D eigenvalue weighted by atomic mass is 9.93. The van der Waals surface area contributed by atoms with Gasteiger partial charge in [0.2, 0.25) is 0 Å². The quantitative estimate of drug-likeness (QED) is 0.832. The second kappa shape index (κ2) is 6.88. The molecule has 1 unspecified atom stereocenters. The number of rotatable bonds is 4. The van der Waals surface area contributed by atoms with E-state index in [0.29, 0.717) is 6.04 Å². The van der Waals surface area contributed by atoms with Crippen molar-refractivity contribution in [3.8, 4) is 0 Å². The fourth-order valence-electron chi connectivity index (χ4n) is 3.74. The van der Waals surface area contributed by atoms with Gasteiger partial charge in [0.1, 0.15) is 0 Å². The van der Waals surface area contributed by atoms with E-state index in [1.807, 2.05) is 0 Å². The zero-order chi connectivity index (χ0) is 13.0. The summed E-state index contributed by atoms with van der Waals surface area (Å²) in [6, 6.07) is 2.32. The van der Waals surface area contributed by atoms with Crippen LogP contribution in [0, 0.1) is 0 Å². The number of nitrogens with two attached hydrogens (primary N) is 1. The molecule has 2 heterocycles. The zero-order valence-corrected chi connectivity index (χ0v) is 12.3. The third-order valence-corrected chi connectivity index (χ3v) is 4.87. The standard InChI is InChI=1S/C15H31N3/c1-13(2)17-11-7-15(8-12-17)18-10-4-3-5-14(18)6-9-16/h13-15H,3-12,16H2,1-2H3. The molecule has 3 nitrogen and oxygen atoms in total. The maximum Gasteiger partial charge on any atom is 0.0122 e. The summed E-state index contributed by atoms with van der Waals surface area (Å²) < 4.78 is 0. The summed E-state index contributed by atoms with van der Waals surface area (Å²) in [5.41, 5.74) is 5.78. The zero-order valence-electron chi connectivity index (χ0n) is 12.3. The molecular formula is C15H31N3. The third kappa shape index (κ3) is 3.46. The maximum atomic E-state index is 5.78. The average molecular weight is 253 g/mol. The van der Waals surface area contributed by atoms with Crippen molar-refractivity contribution >= 4 is 0 Å². The van der Waals surface area contributed by atoms with E-state index >= 15 is 0 Å². The molecule has 2 rings (SSSR count). The first-order chi connectivity index (χ1) is 8.72. The molecule has 2 fully saturated rings. The van der Waals surface area contributed by atoms with Crippen LogP contribution in [0.3, 0.4) is 0 Å². The molecule has 0 amide bonds. The molecule has 0 spiro atoms. The largest absolute Gasteiger partial charge is 0.330 e. The van der Waals surface area contributed by atoms with Gasteiger partial charge in [-0.2, -0.15) is 0 Å². The number of hydrogen-bond acceptors (Lipinski definition) is 3. The van der Waals surface area contributed by atoms with Crippen LogP contribution in [-0.2, 0) is 0 Å². The van der Waals surface area contributed by atoms with Gasteiger partial charge in [-0.15, -0.1) is 0 Å². The average Bonchev–Trinajstić information content (AvgIpc) is 2.40. The highest BCUT2D eigenvalue weighted by molar-refractivity contribution is 4.87. The molecule has 106 valence electrons. The summed E-state index contributed by atoms with van der Waals surface area (Å²) in [5.74, 6) is 0. The normalized spacial score (nSPS) is 29.0. The Bertz CT molecular complexity index is 232. The fraction of sp³-hybridized carbons (Fsp3) is 1.00. The Morgan fingerprint density at radius 1 is 1.06 bits per heavy atom. The molecule has 2 aliphatic rings.